The molecule has 0 aromatic carbocycles. The number of hydrogen-bond acceptors (Lipinski definition) is 3. The molecule has 1 heterocycles. The minimum Gasteiger partial charge on any atom is -0.481 e. The molecular formula is C9H18N2O4S. The van der Waals surface area contributed by atoms with E-state index >= 15 is 0 Å². The van der Waals surface area contributed by atoms with E-state index in [1.54, 1.807) is 6.92 Å². The van der Waals surface area contributed by atoms with E-state index in [4.69, 9.17) is 0 Å². The Labute approximate surface area is 95.8 Å². The van der Waals surface area contributed by atoms with E-state index in [1.165, 1.54) is 11.4 Å². The van der Waals surface area contributed by atoms with Gasteiger partial charge in [0.1, 0.15) is 0 Å². The maximum Gasteiger partial charge on any atom is 0.310 e. The molecule has 6 nitrogen and oxygen atoms in total. The maximum absolute atomic E-state index is 11.6. The predicted molar refractivity (Wildman–Crippen MR) is 59.1 cm³/mol. The lowest BCUT2D eigenvalue weighted by Gasteiger charge is -2.38. The molecule has 0 radical (unpaired) electrons. The average Bonchev–Trinajstić information content (AvgIpc) is 2.28. The average molecular weight is 250 g/mol. The van der Waals surface area contributed by atoms with Crippen molar-refractivity contribution in [2.24, 2.45) is 5.41 Å². The van der Waals surface area contributed by atoms with Crippen LogP contribution in [-0.2, 0) is 15.0 Å². The molecule has 1 aliphatic heterocycles. The number of piperidine rings is 1. The summed E-state index contributed by atoms with van der Waals surface area (Å²) in [7, 11) is -2.18. The van der Waals surface area contributed by atoms with Crippen molar-refractivity contribution < 1.29 is 18.3 Å². The largest absolute Gasteiger partial charge is 0.481 e. The van der Waals surface area contributed by atoms with Crippen LogP contribution in [0.15, 0.2) is 0 Å². The van der Waals surface area contributed by atoms with Gasteiger partial charge in [-0.15, -0.1) is 0 Å². The number of carboxylic acids is 1. The number of aliphatic carboxylic acids is 1. The summed E-state index contributed by atoms with van der Waals surface area (Å²) < 4.78 is 26.6. The Balaban J connectivity index is 2.93. The van der Waals surface area contributed by atoms with E-state index in [-0.39, 0.29) is 6.54 Å². The van der Waals surface area contributed by atoms with Crippen LogP contribution < -0.4 is 4.72 Å². The van der Waals surface area contributed by atoms with E-state index in [1.807, 2.05) is 0 Å². The maximum atomic E-state index is 11.6. The normalized spacial score (nSPS) is 27.9. The SMILES string of the molecule is CCC1(C(=O)O)CCCN(S(=O)(=O)NC)C1. The van der Waals surface area contributed by atoms with Gasteiger partial charge < -0.3 is 5.11 Å². The van der Waals surface area contributed by atoms with Crippen LogP contribution in [0.2, 0.25) is 0 Å². The summed E-state index contributed by atoms with van der Waals surface area (Å²) in [6, 6.07) is 0. The standard InChI is InChI=1S/C9H18N2O4S/c1-3-9(8(12)13)5-4-6-11(7-9)16(14,15)10-2/h10H,3-7H2,1-2H3,(H,12,13). The zero-order valence-corrected chi connectivity index (χ0v) is 10.4. The third-order valence-electron chi connectivity index (χ3n) is 3.27. The van der Waals surface area contributed by atoms with Crippen LogP contribution in [0.25, 0.3) is 0 Å². The van der Waals surface area contributed by atoms with Crippen molar-refractivity contribution in [3.05, 3.63) is 0 Å². The highest BCUT2D eigenvalue weighted by Crippen LogP contribution is 2.34. The molecule has 0 aromatic heterocycles. The van der Waals surface area contributed by atoms with Gasteiger partial charge in [0.15, 0.2) is 0 Å². The van der Waals surface area contributed by atoms with Gasteiger partial charge in [-0.3, -0.25) is 4.79 Å². The van der Waals surface area contributed by atoms with Gasteiger partial charge in [0.25, 0.3) is 10.2 Å². The second-order valence-corrected chi connectivity index (χ2v) is 5.96. The Morgan fingerprint density at radius 1 is 1.56 bits per heavy atom. The zero-order chi connectivity index (χ0) is 12.4. The van der Waals surface area contributed by atoms with Crippen LogP contribution in [0, 0.1) is 5.41 Å². The van der Waals surface area contributed by atoms with Crippen molar-refractivity contribution >= 4 is 16.2 Å². The lowest BCUT2D eigenvalue weighted by Crippen LogP contribution is -2.52. The summed E-state index contributed by atoms with van der Waals surface area (Å²) in [4.78, 5) is 11.2. The summed E-state index contributed by atoms with van der Waals surface area (Å²) >= 11 is 0. The highest BCUT2D eigenvalue weighted by Gasteiger charge is 2.43. The first kappa shape index (κ1) is 13.4. The van der Waals surface area contributed by atoms with Gasteiger partial charge in [0, 0.05) is 20.1 Å². The Morgan fingerprint density at radius 2 is 2.19 bits per heavy atom. The van der Waals surface area contributed by atoms with Gasteiger partial charge in [-0.2, -0.15) is 12.7 Å². The minimum absolute atomic E-state index is 0.0575. The van der Waals surface area contributed by atoms with Crippen molar-refractivity contribution in [3.8, 4) is 0 Å². The van der Waals surface area contributed by atoms with Gasteiger partial charge in [0.2, 0.25) is 0 Å². The molecule has 0 spiro atoms. The smallest absolute Gasteiger partial charge is 0.310 e. The number of carbonyl (C=O) groups is 1. The molecule has 2 N–H and O–H groups in total. The van der Waals surface area contributed by atoms with E-state index in [9.17, 15) is 18.3 Å². The van der Waals surface area contributed by atoms with Crippen molar-refractivity contribution in [3.63, 3.8) is 0 Å². The number of hydrogen-bond donors (Lipinski definition) is 2. The van der Waals surface area contributed by atoms with Crippen LogP contribution in [-0.4, -0.2) is 43.9 Å². The fourth-order valence-corrected chi connectivity index (χ4v) is 3.08. The van der Waals surface area contributed by atoms with E-state index < -0.39 is 21.6 Å². The molecule has 1 fully saturated rings. The fourth-order valence-electron chi connectivity index (χ4n) is 2.04. The Hall–Kier alpha value is -0.660. The third-order valence-corrected chi connectivity index (χ3v) is 4.78. The van der Waals surface area contributed by atoms with E-state index in [2.05, 4.69) is 4.72 Å². The number of nitrogens with zero attached hydrogens (tertiary/aromatic N) is 1. The lowest BCUT2D eigenvalue weighted by molar-refractivity contribution is -0.151. The highest BCUT2D eigenvalue weighted by atomic mass is 32.2. The molecule has 1 aliphatic rings. The van der Waals surface area contributed by atoms with Gasteiger partial charge in [-0.1, -0.05) is 6.92 Å². The molecule has 1 rings (SSSR count). The van der Waals surface area contributed by atoms with E-state index in [0.29, 0.717) is 25.8 Å². The zero-order valence-electron chi connectivity index (χ0n) is 9.56. The summed E-state index contributed by atoms with van der Waals surface area (Å²) in [5, 5.41) is 9.20. The topological polar surface area (TPSA) is 86.7 Å². The first-order valence-corrected chi connectivity index (χ1v) is 6.74. The third kappa shape index (κ3) is 2.36. The molecule has 94 valence electrons. The summed E-state index contributed by atoms with van der Waals surface area (Å²) in [6.07, 6.45) is 1.56. The predicted octanol–water partition coefficient (Wildman–Crippen LogP) is 0.0274. The molecule has 1 atom stereocenters. The highest BCUT2D eigenvalue weighted by molar-refractivity contribution is 7.87. The summed E-state index contributed by atoms with van der Waals surface area (Å²) in [6.45, 7) is 2.23. The Morgan fingerprint density at radius 3 is 2.62 bits per heavy atom. The number of rotatable bonds is 4. The van der Waals surface area contributed by atoms with Gasteiger partial charge in [-0.25, -0.2) is 4.72 Å². The van der Waals surface area contributed by atoms with Crippen LogP contribution in [0.5, 0.6) is 0 Å². The Bertz CT molecular complexity index is 368. The Kier molecular flexibility index (Phi) is 3.92. The first-order chi connectivity index (χ1) is 7.38. The van der Waals surface area contributed by atoms with Crippen LogP contribution in [0.3, 0.4) is 0 Å². The quantitative estimate of drug-likeness (QED) is 0.737. The van der Waals surface area contributed by atoms with Crippen LogP contribution in [0.1, 0.15) is 26.2 Å². The summed E-state index contributed by atoms with van der Waals surface area (Å²) in [5.74, 6) is -0.911. The molecular weight excluding hydrogens is 232 g/mol. The second-order valence-electron chi connectivity index (χ2n) is 4.09. The van der Waals surface area contributed by atoms with Crippen molar-refractivity contribution in [2.45, 2.75) is 26.2 Å². The molecule has 7 heteroatoms. The summed E-state index contributed by atoms with van der Waals surface area (Å²) in [5.41, 5.74) is -0.928. The minimum atomic E-state index is -3.52. The van der Waals surface area contributed by atoms with Crippen LogP contribution >= 0.6 is 0 Å². The monoisotopic (exact) mass is 250 g/mol. The molecule has 16 heavy (non-hydrogen) atoms. The molecule has 0 bridgehead atoms. The van der Waals surface area contributed by atoms with Crippen molar-refractivity contribution in [1.29, 1.82) is 0 Å². The molecule has 1 saturated heterocycles. The van der Waals surface area contributed by atoms with Gasteiger partial charge >= 0.3 is 5.97 Å². The second kappa shape index (κ2) is 4.68. The molecule has 1 unspecified atom stereocenters. The van der Waals surface area contributed by atoms with Crippen LogP contribution in [0.4, 0.5) is 0 Å². The first-order valence-electron chi connectivity index (χ1n) is 5.30. The number of nitrogens with one attached hydrogen (secondary N) is 1. The van der Waals surface area contributed by atoms with Crippen molar-refractivity contribution in [2.75, 3.05) is 20.1 Å². The molecule has 0 aromatic rings. The van der Waals surface area contributed by atoms with E-state index in [0.717, 1.165) is 0 Å². The molecule has 0 amide bonds. The lowest BCUT2D eigenvalue weighted by atomic mass is 9.78. The van der Waals surface area contributed by atoms with Gasteiger partial charge in [0.05, 0.1) is 5.41 Å². The van der Waals surface area contributed by atoms with Gasteiger partial charge in [-0.05, 0) is 19.3 Å². The van der Waals surface area contributed by atoms with Crippen molar-refractivity contribution in [1.82, 2.24) is 9.03 Å². The fraction of sp³-hybridized carbons (Fsp3) is 0.889. The molecule has 0 aliphatic carbocycles. The molecule has 0 saturated carbocycles. The number of carboxylic acid groups (broad SMARTS) is 1.